The summed E-state index contributed by atoms with van der Waals surface area (Å²) in [6.45, 7) is 6.27. The Balaban J connectivity index is 1.55. The lowest BCUT2D eigenvalue weighted by Crippen LogP contribution is -2.10. The Kier molecular flexibility index (Phi) is 6.53. The van der Waals surface area contributed by atoms with Crippen molar-refractivity contribution < 1.29 is 13.9 Å². The van der Waals surface area contributed by atoms with Crippen molar-refractivity contribution in [1.29, 1.82) is 0 Å². The van der Waals surface area contributed by atoms with E-state index in [4.69, 9.17) is 20.8 Å². The van der Waals surface area contributed by atoms with Gasteiger partial charge < -0.3 is 14.5 Å². The predicted molar refractivity (Wildman–Crippen MR) is 149 cm³/mol. The van der Waals surface area contributed by atoms with Crippen LogP contribution < -0.4 is 10.1 Å². The number of fused-ring (bicyclic) bond motifs is 2. The van der Waals surface area contributed by atoms with E-state index in [1.54, 1.807) is 24.5 Å². The minimum atomic E-state index is -0.234. The third-order valence-electron chi connectivity index (χ3n) is 6.27. The van der Waals surface area contributed by atoms with Crippen molar-refractivity contribution in [2.45, 2.75) is 20.8 Å². The van der Waals surface area contributed by atoms with Crippen LogP contribution >= 0.6 is 11.6 Å². The Morgan fingerprint density at radius 1 is 1.03 bits per heavy atom. The zero-order valence-electron chi connectivity index (χ0n) is 20.4. The number of carbonyl (C=O) groups is 1. The second kappa shape index (κ2) is 9.92. The van der Waals surface area contributed by atoms with Gasteiger partial charge in [-0.25, -0.2) is 0 Å². The molecule has 0 saturated heterocycles. The first-order chi connectivity index (χ1) is 17.4. The lowest BCUT2D eigenvalue weighted by molar-refractivity contribution is -0.111. The van der Waals surface area contributed by atoms with Crippen LogP contribution in [-0.2, 0) is 4.79 Å². The number of nitrogens with one attached hydrogen (secondary N) is 1. The summed E-state index contributed by atoms with van der Waals surface area (Å²) in [6, 6.07) is 24.0. The molecular formula is C31H26ClNO3. The fourth-order valence-electron chi connectivity index (χ4n) is 4.39. The van der Waals surface area contributed by atoms with Gasteiger partial charge in [-0.15, -0.1) is 0 Å². The number of furan rings is 1. The van der Waals surface area contributed by atoms with Crippen molar-refractivity contribution in [1.82, 2.24) is 0 Å². The molecule has 1 aromatic heterocycles. The molecule has 1 N–H and O–H groups in total. The van der Waals surface area contributed by atoms with Crippen molar-refractivity contribution in [2.24, 2.45) is 0 Å². The molecule has 5 aromatic rings. The van der Waals surface area contributed by atoms with Gasteiger partial charge in [0, 0.05) is 39.4 Å². The number of rotatable bonds is 6. The fourth-order valence-corrected chi connectivity index (χ4v) is 4.56. The summed E-state index contributed by atoms with van der Waals surface area (Å²) in [5.74, 6) is 0.437. The number of halogens is 1. The minimum absolute atomic E-state index is 0.234. The Labute approximate surface area is 215 Å². The van der Waals surface area contributed by atoms with E-state index in [-0.39, 0.29) is 5.91 Å². The number of allylic oxidation sites excluding steroid dienone is 1. The minimum Gasteiger partial charge on any atom is -0.493 e. The SMILES string of the molecule is CCOc1cc2occ(-c3ccc4ccccc4c3)c2cc1/C(C)=C/C(=O)Nc1cc(Cl)ccc1C. The quantitative estimate of drug-likeness (QED) is 0.240. The molecule has 0 spiro atoms. The number of ether oxygens (including phenoxy) is 1. The zero-order valence-corrected chi connectivity index (χ0v) is 21.1. The third-order valence-corrected chi connectivity index (χ3v) is 6.50. The number of anilines is 1. The summed E-state index contributed by atoms with van der Waals surface area (Å²) in [6.07, 6.45) is 3.36. The highest BCUT2D eigenvalue weighted by atomic mass is 35.5. The number of benzene rings is 4. The maximum absolute atomic E-state index is 12.9. The largest absolute Gasteiger partial charge is 0.493 e. The highest BCUT2D eigenvalue weighted by Gasteiger charge is 2.16. The van der Waals surface area contributed by atoms with E-state index in [0.29, 0.717) is 23.1 Å². The summed E-state index contributed by atoms with van der Waals surface area (Å²) >= 11 is 6.11. The van der Waals surface area contributed by atoms with Crippen LogP contribution in [0.5, 0.6) is 5.75 Å². The van der Waals surface area contributed by atoms with Gasteiger partial charge in [-0.2, -0.15) is 0 Å². The fraction of sp³-hybridized carbons (Fsp3) is 0.129. The molecule has 0 atom stereocenters. The lowest BCUT2D eigenvalue weighted by Gasteiger charge is -2.12. The Hall–Kier alpha value is -4.02. The maximum Gasteiger partial charge on any atom is 0.248 e. The molecule has 1 heterocycles. The number of amides is 1. The van der Waals surface area contributed by atoms with E-state index >= 15 is 0 Å². The molecule has 0 aliphatic rings. The van der Waals surface area contributed by atoms with Crippen molar-refractivity contribution in [3.05, 3.63) is 101 Å². The molecule has 0 bridgehead atoms. The Bertz CT molecular complexity index is 1630. The molecule has 0 aliphatic heterocycles. The molecule has 0 saturated carbocycles. The normalized spacial score (nSPS) is 11.7. The Morgan fingerprint density at radius 3 is 2.64 bits per heavy atom. The number of hydrogen-bond donors (Lipinski definition) is 1. The van der Waals surface area contributed by atoms with Crippen LogP contribution in [0, 0.1) is 6.92 Å². The van der Waals surface area contributed by atoms with Crippen LogP contribution in [0.2, 0.25) is 5.02 Å². The highest BCUT2D eigenvalue weighted by Crippen LogP contribution is 2.38. The molecule has 36 heavy (non-hydrogen) atoms. The zero-order chi connectivity index (χ0) is 25.2. The molecule has 1 amide bonds. The monoisotopic (exact) mass is 495 g/mol. The van der Waals surface area contributed by atoms with Gasteiger partial charge in [-0.1, -0.05) is 54.1 Å². The van der Waals surface area contributed by atoms with Crippen molar-refractivity contribution in [3.63, 3.8) is 0 Å². The maximum atomic E-state index is 12.9. The summed E-state index contributed by atoms with van der Waals surface area (Å²) in [7, 11) is 0. The van der Waals surface area contributed by atoms with E-state index in [0.717, 1.165) is 38.8 Å². The molecule has 4 nitrogen and oxygen atoms in total. The highest BCUT2D eigenvalue weighted by molar-refractivity contribution is 6.31. The van der Waals surface area contributed by atoms with Gasteiger partial charge in [0.25, 0.3) is 0 Å². The third kappa shape index (κ3) is 4.73. The average Bonchev–Trinajstić information content (AvgIpc) is 3.28. The lowest BCUT2D eigenvalue weighted by atomic mass is 9.97. The summed E-state index contributed by atoms with van der Waals surface area (Å²) in [4.78, 5) is 12.9. The van der Waals surface area contributed by atoms with Crippen molar-refractivity contribution in [2.75, 3.05) is 11.9 Å². The Morgan fingerprint density at radius 2 is 1.83 bits per heavy atom. The topological polar surface area (TPSA) is 51.5 Å². The number of carbonyl (C=O) groups excluding carboxylic acids is 1. The number of hydrogen-bond acceptors (Lipinski definition) is 3. The molecular weight excluding hydrogens is 470 g/mol. The molecule has 5 heteroatoms. The summed E-state index contributed by atoms with van der Waals surface area (Å²) in [5.41, 5.74) is 6.04. The smallest absolute Gasteiger partial charge is 0.248 e. The standard InChI is InChI=1S/C31H26ClNO3/c1-4-35-29-17-30-26(27(18-36-30)23-11-10-21-7-5-6-8-22(21)14-23)16-25(29)20(3)13-31(34)33-28-15-24(32)12-9-19(28)2/h5-18H,4H2,1-3H3,(H,33,34)/b20-13+. The first-order valence-electron chi connectivity index (χ1n) is 11.9. The van der Waals surface area contributed by atoms with Crippen LogP contribution in [0.15, 0.2) is 89.6 Å². The molecule has 180 valence electrons. The van der Waals surface area contributed by atoms with Gasteiger partial charge in [-0.05, 0) is 72.5 Å². The molecule has 4 aromatic carbocycles. The van der Waals surface area contributed by atoms with Crippen LogP contribution in [0.1, 0.15) is 25.0 Å². The summed E-state index contributed by atoms with van der Waals surface area (Å²) in [5, 5.41) is 6.82. The van der Waals surface area contributed by atoms with Gasteiger partial charge >= 0.3 is 0 Å². The van der Waals surface area contributed by atoms with Crippen molar-refractivity contribution >= 4 is 50.5 Å². The first kappa shape index (κ1) is 23.7. The van der Waals surface area contributed by atoms with Gasteiger partial charge in [0.1, 0.15) is 11.3 Å². The van der Waals surface area contributed by atoms with Crippen molar-refractivity contribution in [3.8, 4) is 16.9 Å². The van der Waals surface area contributed by atoms with Crippen LogP contribution in [-0.4, -0.2) is 12.5 Å². The molecule has 0 radical (unpaired) electrons. The van der Waals surface area contributed by atoms with E-state index in [1.165, 1.54) is 10.8 Å². The number of aryl methyl sites for hydroxylation is 1. The van der Waals surface area contributed by atoms with Gasteiger partial charge in [0.05, 0.1) is 12.9 Å². The second-order valence-electron chi connectivity index (χ2n) is 8.76. The molecule has 0 aliphatic carbocycles. The molecule has 0 fully saturated rings. The average molecular weight is 496 g/mol. The van der Waals surface area contributed by atoms with E-state index < -0.39 is 0 Å². The van der Waals surface area contributed by atoms with Gasteiger partial charge in [-0.3, -0.25) is 4.79 Å². The second-order valence-corrected chi connectivity index (χ2v) is 9.20. The van der Waals surface area contributed by atoms with Gasteiger partial charge in [0.15, 0.2) is 0 Å². The first-order valence-corrected chi connectivity index (χ1v) is 12.2. The predicted octanol–water partition coefficient (Wildman–Crippen LogP) is 8.66. The van der Waals surface area contributed by atoms with Crippen LogP contribution in [0.3, 0.4) is 0 Å². The van der Waals surface area contributed by atoms with Crippen LogP contribution in [0.25, 0.3) is 38.4 Å². The van der Waals surface area contributed by atoms with E-state index in [1.807, 2.05) is 51.1 Å². The molecule has 5 rings (SSSR count). The van der Waals surface area contributed by atoms with Gasteiger partial charge in [0.2, 0.25) is 5.91 Å². The van der Waals surface area contributed by atoms with Crippen LogP contribution in [0.4, 0.5) is 5.69 Å². The molecule has 0 unspecified atom stereocenters. The van der Waals surface area contributed by atoms with E-state index in [2.05, 4.69) is 35.6 Å². The summed E-state index contributed by atoms with van der Waals surface area (Å²) < 4.78 is 11.9. The van der Waals surface area contributed by atoms with E-state index in [9.17, 15) is 4.79 Å².